The third kappa shape index (κ3) is 7.31. The Morgan fingerprint density at radius 3 is 2.77 bits per heavy atom. The smallest absolute Gasteiger partial charge is 0.389 e. The minimum absolute atomic E-state index is 0.00129. The fraction of sp³-hybridized carbons (Fsp3) is 0.419. The quantitative estimate of drug-likeness (QED) is 0.321. The Balaban J connectivity index is 1.27. The molecule has 3 aromatic rings. The number of imidazole rings is 1. The normalized spacial score (nSPS) is 18.5. The molecule has 2 aliphatic heterocycles. The Kier molecular flexibility index (Phi) is 9.10. The number of hydrogen-bond donors (Lipinski definition) is 1. The van der Waals surface area contributed by atoms with Gasteiger partial charge in [-0.3, -0.25) is 14.6 Å². The fourth-order valence-corrected chi connectivity index (χ4v) is 5.44. The summed E-state index contributed by atoms with van der Waals surface area (Å²) in [4.78, 5) is 35.6. The van der Waals surface area contributed by atoms with Gasteiger partial charge in [0, 0.05) is 61.7 Å². The van der Waals surface area contributed by atoms with Crippen molar-refractivity contribution >= 4 is 29.1 Å². The molecular weight excluding hydrogens is 575 g/mol. The molecule has 1 unspecified atom stereocenters. The van der Waals surface area contributed by atoms with E-state index in [1.54, 1.807) is 52.3 Å². The van der Waals surface area contributed by atoms with Crippen LogP contribution in [0, 0.1) is 11.3 Å². The lowest BCUT2D eigenvalue weighted by atomic mass is 9.86. The lowest BCUT2D eigenvalue weighted by molar-refractivity contribution is -0.143. The standard InChI is InChI=1S/C31H32F3N7O3/c32-31(33,34)7-6-25(42)12-21-3-1-4-22(11-21)27-18-37-28-13-23(17-39-41(27)28)24(15-36)16-38-30(8-9-35)19-40(20-30)29(43)14-26-5-2-10-44-26/h1,3-4,11,13,15-18,26H,2,5-8,10,12,14,19-20,36H2. The molecule has 0 bridgehead atoms. The van der Waals surface area contributed by atoms with Crippen molar-refractivity contribution in [3.8, 4) is 17.3 Å². The predicted octanol–water partition coefficient (Wildman–Crippen LogP) is 4.28. The summed E-state index contributed by atoms with van der Waals surface area (Å²) in [6.45, 7) is 1.37. The first kappa shape index (κ1) is 30.9. The van der Waals surface area contributed by atoms with E-state index < -0.39 is 30.3 Å². The maximum Gasteiger partial charge on any atom is 0.389 e. The van der Waals surface area contributed by atoms with E-state index in [4.69, 9.17) is 10.5 Å². The van der Waals surface area contributed by atoms with Gasteiger partial charge in [0.05, 0.1) is 49.5 Å². The van der Waals surface area contributed by atoms with Gasteiger partial charge in [-0.15, -0.1) is 0 Å². The molecule has 0 radical (unpaired) electrons. The minimum atomic E-state index is -4.37. The van der Waals surface area contributed by atoms with Crippen LogP contribution in [-0.2, 0) is 20.7 Å². The van der Waals surface area contributed by atoms with Crippen molar-refractivity contribution in [2.45, 2.75) is 62.8 Å². The maximum atomic E-state index is 12.7. The number of aliphatic imine (C=N–C) groups is 1. The molecule has 4 heterocycles. The van der Waals surface area contributed by atoms with Crippen LogP contribution in [0.3, 0.4) is 0 Å². The van der Waals surface area contributed by atoms with Crippen LogP contribution in [0.25, 0.3) is 22.5 Å². The van der Waals surface area contributed by atoms with Crippen LogP contribution < -0.4 is 5.73 Å². The Labute approximate surface area is 252 Å². The van der Waals surface area contributed by atoms with Gasteiger partial charge in [0.15, 0.2) is 5.65 Å². The summed E-state index contributed by atoms with van der Waals surface area (Å²) in [6, 6.07) is 10.9. The van der Waals surface area contributed by atoms with Gasteiger partial charge in [-0.2, -0.15) is 23.5 Å². The van der Waals surface area contributed by atoms with E-state index in [2.05, 4.69) is 21.1 Å². The summed E-state index contributed by atoms with van der Waals surface area (Å²) in [5, 5.41) is 13.9. The highest BCUT2D eigenvalue weighted by Gasteiger charge is 2.45. The van der Waals surface area contributed by atoms with Crippen LogP contribution in [0.1, 0.15) is 49.7 Å². The second-order valence-corrected chi connectivity index (χ2v) is 11.2. The molecule has 2 aliphatic rings. The first-order valence-electron chi connectivity index (χ1n) is 14.3. The molecule has 2 N–H and O–H groups in total. The van der Waals surface area contributed by atoms with Crippen LogP contribution in [0.2, 0.25) is 0 Å². The maximum absolute atomic E-state index is 12.7. The Bertz CT molecular complexity index is 1630. The first-order chi connectivity index (χ1) is 21.1. The van der Waals surface area contributed by atoms with E-state index in [-0.39, 0.29) is 24.9 Å². The summed E-state index contributed by atoms with van der Waals surface area (Å²) in [5.74, 6) is -0.488. The van der Waals surface area contributed by atoms with Crippen molar-refractivity contribution in [3.05, 3.63) is 60.1 Å². The molecule has 44 heavy (non-hydrogen) atoms. The van der Waals surface area contributed by atoms with Crippen molar-refractivity contribution in [2.75, 3.05) is 19.7 Å². The van der Waals surface area contributed by atoms with Crippen LogP contribution in [0.4, 0.5) is 13.2 Å². The molecule has 1 amide bonds. The number of nitrogens with zero attached hydrogens (tertiary/aromatic N) is 6. The number of rotatable bonds is 11. The zero-order valence-electron chi connectivity index (χ0n) is 24.0. The molecule has 1 aromatic carbocycles. The molecule has 0 saturated carbocycles. The van der Waals surface area contributed by atoms with Gasteiger partial charge in [0.2, 0.25) is 5.91 Å². The molecule has 10 nitrogen and oxygen atoms in total. The third-order valence-electron chi connectivity index (χ3n) is 7.82. The Morgan fingerprint density at radius 1 is 1.25 bits per heavy atom. The number of amides is 1. The van der Waals surface area contributed by atoms with Crippen molar-refractivity contribution in [1.82, 2.24) is 19.5 Å². The fourth-order valence-electron chi connectivity index (χ4n) is 5.44. The van der Waals surface area contributed by atoms with Crippen LogP contribution in [0.15, 0.2) is 53.9 Å². The van der Waals surface area contributed by atoms with Crippen molar-refractivity contribution in [2.24, 2.45) is 10.7 Å². The van der Waals surface area contributed by atoms with Gasteiger partial charge in [-0.25, -0.2) is 9.50 Å². The number of fused-ring (bicyclic) bond motifs is 1. The summed E-state index contributed by atoms with van der Waals surface area (Å²) < 4.78 is 44.6. The Hall–Kier alpha value is -4.57. The molecule has 0 spiro atoms. The largest absolute Gasteiger partial charge is 0.404 e. The van der Waals surface area contributed by atoms with Crippen molar-refractivity contribution in [3.63, 3.8) is 0 Å². The number of halogens is 3. The van der Waals surface area contributed by atoms with E-state index in [1.165, 1.54) is 6.20 Å². The predicted molar refractivity (Wildman–Crippen MR) is 156 cm³/mol. The minimum Gasteiger partial charge on any atom is -0.404 e. The molecule has 230 valence electrons. The topological polar surface area (TPSA) is 139 Å². The average molecular weight is 608 g/mol. The van der Waals surface area contributed by atoms with Crippen molar-refractivity contribution < 1.29 is 27.5 Å². The molecule has 2 fully saturated rings. The molecule has 13 heteroatoms. The number of carbonyl (C=O) groups excluding carboxylic acids is 2. The van der Waals surface area contributed by atoms with Gasteiger partial charge >= 0.3 is 6.18 Å². The van der Waals surface area contributed by atoms with E-state index in [0.717, 1.165) is 12.8 Å². The van der Waals surface area contributed by atoms with Gasteiger partial charge in [0.25, 0.3) is 0 Å². The number of aromatic nitrogens is 3. The number of hydrogen-bond acceptors (Lipinski definition) is 8. The molecule has 5 rings (SSSR count). The highest BCUT2D eigenvalue weighted by molar-refractivity contribution is 6.10. The van der Waals surface area contributed by atoms with Gasteiger partial charge < -0.3 is 15.4 Å². The summed E-state index contributed by atoms with van der Waals surface area (Å²) in [7, 11) is 0. The highest BCUT2D eigenvalue weighted by atomic mass is 19.4. The zero-order valence-corrected chi connectivity index (χ0v) is 24.0. The number of allylic oxidation sites excluding steroid dienone is 1. The highest BCUT2D eigenvalue weighted by Crippen LogP contribution is 2.31. The van der Waals surface area contributed by atoms with Gasteiger partial charge in [-0.05, 0) is 30.5 Å². The average Bonchev–Trinajstić information content (AvgIpc) is 3.64. The SMILES string of the molecule is N#CCC1(N=CC(=CN)c2cnn3c(-c4cccc(CC(=O)CCC(F)(F)F)c4)cnc3c2)CN(C(=O)CC2CCCO2)C1. The van der Waals surface area contributed by atoms with Crippen LogP contribution >= 0.6 is 0 Å². The monoisotopic (exact) mass is 607 g/mol. The number of carbonyl (C=O) groups is 2. The Morgan fingerprint density at radius 2 is 2.07 bits per heavy atom. The number of ether oxygens (including phenoxy) is 1. The van der Waals surface area contributed by atoms with Crippen LogP contribution in [-0.4, -0.2) is 74.9 Å². The molecular formula is C31H32F3N7O3. The number of ketones is 1. The zero-order chi connectivity index (χ0) is 31.3. The number of nitriles is 1. The van der Waals surface area contributed by atoms with E-state index in [1.807, 2.05) is 6.07 Å². The lowest BCUT2D eigenvalue weighted by Gasteiger charge is -2.46. The molecule has 1 atom stereocenters. The second-order valence-electron chi connectivity index (χ2n) is 11.2. The number of benzene rings is 1. The second kappa shape index (κ2) is 13.0. The first-order valence-corrected chi connectivity index (χ1v) is 14.3. The van der Waals surface area contributed by atoms with Crippen molar-refractivity contribution in [1.29, 1.82) is 5.26 Å². The summed E-state index contributed by atoms with van der Waals surface area (Å²) in [5.41, 5.74) is 8.87. The van der Waals surface area contributed by atoms with Gasteiger partial charge in [-0.1, -0.05) is 18.2 Å². The third-order valence-corrected chi connectivity index (χ3v) is 7.82. The summed E-state index contributed by atoms with van der Waals surface area (Å²) in [6.07, 6.45) is 2.32. The number of alkyl halides is 3. The number of nitrogens with two attached hydrogens (primary N) is 1. The number of likely N-dealkylation sites (tertiary alicyclic amines) is 1. The van der Waals surface area contributed by atoms with E-state index in [0.29, 0.717) is 59.7 Å². The van der Waals surface area contributed by atoms with E-state index in [9.17, 15) is 28.0 Å². The van der Waals surface area contributed by atoms with Crippen LogP contribution in [0.5, 0.6) is 0 Å². The van der Waals surface area contributed by atoms with Gasteiger partial charge in [0.1, 0.15) is 11.3 Å². The van der Waals surface area contributed by atoms with E-state index >= 15 is 0 Å². The lowest BCUT2D eigenvalue weighted by Crippen LogP contribution is -2.62. The molecule has 2 aromatic heterocycles. The number of Topliss-reactive ketones (excluding diaryl/α,β-unsaturated/α-hetero) is 1. The summed E-state index contributed by atoms with van der Waals surface area (Å²) >= 11 is 0. The molecule has 2 saturated heterocycles. The molecule has 0 aliphatic carbocycles.